The van der Waals surface area contributed by atoms with E-state index in [0.29, 0.717) is 17.9 Å². The van der Waals surface area contributed by atoms with Gasteiger partial charge in [0.15, 0.2) is 0 Å². The van der Waals surface area contributed by atoms with Gasteiger partial charge in [0.05, 0.1) is 9.46 Å². The third-order valence-corrected chi connectivity index (χ3v) is 7.45. The molecule has 4 rings (SSSR count). The summed E-state index contributed by atoms with van der Waals surface area (Å²) in [4.78, 5) is 2.50. The molecule has 2 nitrogen and oxygen atoms in total. The van der Waals surface area contributed by atoms with Crippen molar-refractivity contribution in [1.29, 1.82) is 0 Å². The van der Waals surface area contributed by atoms with Crippen LogP contribution in [0.2, 0.25) is 0 Å². The SMILES string of the molecule is C/C=C1\C(=C/C2C(C)CC2N)N(c2ccccc2)C2C=CC=CC12I. The van der Waals surface area contributed by atoms with Crippen molar-refractivity contribution in [3.63, 3.8) is 0 Å². The van der Waals surface area contributed by atoms with Gasteiger partial charge in [-0.15, -0.1) is 0 Å². The largest absolute Gasteiger partial charge is 0.332 e. The van der Waals surface area contributed by atoms with E-state index in [-0.39, 0.29) is 9.46 Å². The van der Waals surface area contributed by atoms with Gasteiger partial charge in [-0.1, -0.05) is 84.2 Å². The quantitative estimate of drug-likeness (QED) is 0.515. The number of nitrogens with two attached hydrogens (primary N) is 1. The standard InChI is InChI=1S/C22H25IN2/c1-3-18-20(14-17-15(2)13-19(17)24)25(16-9-5-4-6-10-16)21-11-7-8-12-22(18,21)23/h3-12,14-15,17,19,21H,13,24H2,1-2H3/b18-3+,20-14+. The molecule has 0 spiro atoms. The van der Waals surface area contributed by atoms with Crippen molar-refractivity contribution in [2.45, 2.75) is 35.8 Å². The molecule has 5 atom stereocenters. The zero-order valence-electron chi connectivity index (χ0n) is 14.8. The third-order valence-electron chi connectivity index (χ3n) is 5.87. The van der Waals surface area contributed by atoms with Crippen molar-refractivity contribution >= 4 is 28.3 Å². The first kappa shape index (κ1) is 17.1. The molecule has 1 aromatic rings. The smallest absolute Gasteiger partial charge is 0.0912 e. The molecule has 1 saturated carbocycles. The zero-order chi connectivity index (χ0) is 17.6. The summed E-state index contributed by atoms with van der Waals surface area (Å²) in [7, 11) is 0. The van der Waals surface area contributed by atoms with E-state index in [2.05, 4.69) is 108 Å². The predicted molar refractivity (Wildman–Crippen MR) is 115 cm³/mol. The number of allylic oxidation sites excluding steroid dienone is 4. The van der Waals surface area contributed by atoms with Crippen LogP contribution in [0.1, 0.15) is 20.3 Å². The van der Waals surface area contributed by atoms with Gasteiger partial charge in [0, 0.05) is 17.4 Å². The Kier molecular flexibility index (Phi) is 4.40. The molecule has 0 amide bonds. The minimum Gasteiger partial charge on any atom is -0.332 e. The summed E-state index contributed by atoms with van der Waals surface area (Å²) < 4.78 is -0.0278. The molecule has 1 saturated heterocycles. The second kappa shape index (κ2) is 6.44. The van der Waals surface area contributed by atoms with Crippen molar-refractivity contribution in [2.24, 2.45) is 17.6 Å². The number of alkyl halides is 1. The maximum Gasteiger partial charge on any atom is 0.0912 e. The average Bonchev–Trinajstić information content (AvgIpc) is 2.88. The molecule has 2 aliphatic carbocycles. The van der Waals surface area contributed by atoms with E-state index in [9.17, 15) is 0 Å². The predicted octanol–water partition coefficient (Wildman–Crippen LogP) is 4.99. The fourth-order valence-electron chi connectivity index (χ4n) is 4.47. The Hall–Kier alpha value is -1.33. The summed E-state index contributed by atoms with van der Waals surface area (Å²) in [6.07, 6.45) is 14.9. The minimum absolute atomic E-state index is 0.0278. The van der Waals surface area contributed by atoms with Gasteiger partial charge in [-0.2, -0.15) is 0 Å². The van der Waals surface area contributed by atoms with E-state index < -0.39 is 0 Å². The number of fused-ring (bicyclic) bond motifs is 1. The van der Waals surface area contributed by atoms with E-state index in [0.717, 1.165) is 6.42 Å². The van der Waals surface area contributed by atoms with Crippen LogP contribution >= 0.6 is 22.6 Å². The zero-order valence-corrected chi connectivity index (χ0v) is 16.9. The van der Waals surface area contributed by atoms with E-state index in [1.54, 1.807) is 0 Å². The molecular formula is C22H25IN2. The highest BCUT2D eigenvalue weighted by Crippen LogP contribution is 2.52. The first-order valence-electron chi connectivity index (χ1n) is 9.10. The molecule has 0 radical (unpaired) electrons. The third kappa shape index (κ3) is 2.63. The highest BCUT2D eigenvalue weighted by molar-refractivity contribution is 14.1. The van der Waals surface area contributed by atoms with Crippen LogP contribution in [0.25, 0.3) is 0 Å². The maximum atomic E-state index is 6.33. The van der Waals surface area contributed by atoms with E-state index in [4.69, 9.17) is 5.73 Å². The van der Waals surface area contributed by atoms with Crippen LogP contribution in [0.15, 0.2) is 78.1 Å². The van der Waals surface area contributed by atoms with Crippen molar-refractivity contribution in [3.05, 3.63) is 78.1 Å². The lowest BCUT2D eigenvalue weighted by molar-refractivity contribution is 0.201. The number of rotatable bonds is 2. The Morgan fingerprint density at radius 2 is 2.00 bits per heavy atom. The molecule has 0 bridgehead atoms. The molecule has 2 N–H and O–H groups in total. The number of hydrogen-bond donors (Lipinski definition) is 1. The summed E-state index contributed by atoms with van der Waals surface area (Å²) in [5.74, 6) is 1.13. The summed E-state index contributed by atoms with van der Waals surface area (Å²) in [6.45, 7) is 4.47. The Bertz CT molecular complexity index is 768. The lowest BCUT2D eigenvalue weighted by Gasteiger charge is -2.40. The van der Waals surface area contributed by atoms with Crippen LogP contribution in [0.5, 0.6) is 0 Å². The first-order chi connectivity index (χ1) is 12.1. The normalized spacial score (nSPS) is 39.8. The van der Waals surface area contributed by atoms with Crippen molar-refractivity contribution in [3.8, 4) is 0 Å². The molecule has 130 valence electrons. The van der Waals surface area contributed by atoms with Gasteiger partial charge in [0.2, 0.25) is 0 Å². The highest BCUT2D eigenvalue weighted by Gasteiger charge is 2.50. The summed E-state index contributed by atoms with van der Waals surface area (Å²) in [6, 6.07) is 11.3. The number of benzene rings is 1. The summed E-state index contributed by atoms with van der Waals surface area (Å²) >= 11 is 2.63. The molecular weight excluding hydrogens is 419 g/mol. The summed E-state index contributed by atoms with van der Waals surface area (Å²) in [5.41, 5.74) is 10.3. The van der Waals surface area contributed by atoms with Crippen molar-refractivity contribution in [1.82, 2.24) is 0 Å². The van der Waals surface area contributed by atoms with Crippen LogP contribution in [-0.4, -0.2) is 15.5 Å². The monoisotopic (exact) mass is 444 g/mol. The van der Waals surface area contributed by atoms with Gasteiger partial charge in [0.25, 0.3) is 0 Å². The fourth-order valence-corrected chi connectivity index (χ4v) is 5.75. The summed E-state index contributed by atoms with van der Waals surface area (Å²) in [5, 5.41) is 0. The Morgan fingerprint density at radius 3 is 2.64 bits per heavy atom. The van der Waals surface area contributed by atoms with Crippen molar-refractivity contribution < 1.29 is 0 Å². The molecule has 0 aromatic heterocycles. The van der Waals surface area contributed by atoms with Gasteiger partial charge in [-0.05, 0) is 42.9 Å². The number of anilines is 1. The van der Waals surface area contributed by atoms with E-state index in [1.165, 1.54) is 17.0 Å². The maximum absolute atomic E-state index is 6.33. The van der Waals surface area contributed by atoms with Gasteiger partial charge >= 0.3 is 0 Å². The van der Waals surface area contributed by atoms with Crippen LogP contribution < -0.4 is 10.6 Å². The first-order valence-corrected chi connectivity index (χ1v) is 10.2. The number of hydrogen-bond acceptors (Lipinski definition) is 2. The molecule has 1 heterocycles. The van der Waals surface area contributed by atoms with E-state index in [1.807, 2.05) is 0 Å². The van der Waals surface area contributed by atoms with Crippen LogP contribution in [-0.2, 0) is 0 Å². The lowest BCUT2D eigenvalue weighted by atomic mass is 9.70. The Labute approximate surface area is 164 Å². The molecule has 1 aromatic carbocycles. The minimum atomic E-state index is -0.0278. The molecule has 1 aliphatic heterocycles. The van der Waals surface area contributed by atoms with E-state index >= 15 is 0 Å². The fraction of sp³-hybridized carbons (Fsp3) is 0.364. The Morgan fingerprint density at radius 1 is 1.24 bits per heavy atom. The lowest BCUT2D eigenvalue weighted by Crippen LogP contribution is -2.45. The molecule has 3 aliphatic rings. The van der Waals surface area contributed by atoms with Crippen molar-refractivity contribution in [2.75, 3.05) is 4.90 Å². The van der Waals surface area contributed by atoms with Gasteiger partial charge in [-0.25, -0.2) is 0 Å². The molecule has 2 fully saturated rings. The second-order valence-corrected chi connectivity index (χ2v) is 9.16. The number of nitrogens with zero attached hydrogens (tertiary/aromatic N) is 1. The van der Waals surface area contributed by atoms with Gasteiger partial charge in [0.1, 0.15) is 0 Å². The molecule has 3 heteroatoms. The topological polar surface area (TPSA) is 29.3 Å². The average molecular weight is 444 g/mol. The van der Waals surface area contributed by atoms with Crippen LogP contribution in [0, 0.1) is 11.8 Å². The van der Waals surface area contributed by atoms with Crippen LogP contribution in [0.4, 0.5) is 5.69 Å². The second-order valence-electron chi connectivity index (χ2n) is 7.37. The molecule has 5 unspecified atom stereocenters. The number of para-hydroxylation sites is 1. The van der Waals surface area contributed by atoms with Crippen LogP contribution in [0.3, 0.4) is 0 Å². The van der Waals surface area contributed by atoms with Gasteiger partial charge < -0.3 is 10.6 Å². The van der Waals surface area contributed by atoms with Gasteiger partial charge in [-0.3, -0.25) is 0 Å². The Balaban J connectivity index is 1.87. The highest BCUT2D eigenvalue weighted by atomic mass is 127. The molecule has 25 heavy (non-hydrogen) atoms. The number of halogens is 1.